The van der Waals surface area contributed by atoms with Crippen molar-refractivity contribution in [2.75, 3.05) is 7.11 Å². The summed E-state index contributed by atoms with van der Waals surface area (Å²) in [7, 11) is -0.396. The van der Waals surface area contributed by atoms with Crippen LogP contribution in [0, 0.1) is 0 Å². The molecule has 22 heavy (non-hydrogen) atoms. The van der Waals surface area contributed by atoms with Gasteiger partial charge in [-0.25, -0.2) is 0 Å². The summed E-state index contributed by atoms with van der Waals surface area (Å²) in [5.41, 5.74) is 0. The van der Waals surface area contributed by atoms with Gasteiger partial charge in [0.25, 0.3) is 0 Å². The Morgan fingerprint density at radius 3 is 2.00 bits per heavy atom. The molecule has 0 amide bonds. The SMILES string of the molecule is COc1ccc(O[C@H](C)[C@@H](C=O)O[Si](C)(C)C(C)(C)C)cc1. The second-order valence-electron chi connectivity index (χ2n) is 6.98. The van der Waals surface area contributed by atoms with Crippen LogP contribution in [0.1, 0.15) is 27.7 Å². The lowest BCUT2D eigenvalue weighted by molar-refractivity contribution is -0.117. The van der Waals surface area contributed by atoms with Crippen molar-refractivity contribution in [3.05, 3.63) is 24.3 Å². The van der Waals surface area contributed by atoms with E-state index in [4.69, 9.17) is 13.9 Å². The van der Waals surface area contributed by atoms with Gasteiger partial charge in [0, 0.05) is 0 Å². The van der Waals surface area contributed by atoms with Gasteiger partial charge >= 0.3 is 0 Å². The molecule has 0 unspecified atom stereocenters. The minimum Gasteiger partial charge on any atom is -0.497 e. The number of hydrogen-bond acceptors (Lipinski definition) is 4. The molecule has 0 N–H and O–H groups in total. The highest BCUT2D eigenvalue weighted by molar-refractivity contribution is 6.74. The van der Waals surface area contributed by atoms with Crippen molar-refractivity contribution in [3.8, 4) is 11.5 Å². The monoisotopic (exact) mass is 324 g/mol. The van der Waals surface area contributed by atoms with Crippen LogP contribution in [0.3, 0.4) is 0 Å². The molecule has 0 saturated carbocycles. The van der Waals surface area contributed by atoms with Crippen molar-refractivity contribution in [1.29, 1.82) is 0 Å². The van der Waals surface area contributed by atoms with Crippen LogP contribution in [0.4, 0.5) is 0 Å². The van der Waals surface area contributed by atoms with E-state index < -0.39 is 14.4 Å². The first-order valence-electron chi connectivity index (χ1n) is 7.54. The van der Waals surface area contributed by atoms with Gasteiger partial charge in [0.15, 0.2) is 14.6 Å². The van der Waals surface area contributed by atoms with Gasteiger partial charge in [0.05, 0.1) is 7.11 Å². The summed E-state index contributed by atoms with van der Waals surface area (Å²) < 4.78 is 17.1. The third kappa shape index (κ3) is 4.85. The van der Waals surface area contributed by atoms with Gasteiger partial charge in [-0.2, -0.15) is 0 Å². The number of carbonyl (C=O) groups excluding carboxylic acids is 1. The van der Waals surface area contributed by atoms with E-state index in [9.17, 15) is 4.79 Å². The van der Waals surface area contributed by atoms with Gasteiger partial charge in [-0.3, -0.25) is 0 Å². The number of benzene rings is 1. The van der Waals surface area contributed by atoms with Crippen LogP contribution < -0.4 is 9.47 Å². The standard InChI is InChI=1S/C17H28O4Si/c1-13(20-15-10-8-14(19-5)9-11-15)16(12-18)21-22(6,7)17(2,3)4/h8-13,16H,1-7H3/t13-,16-/m1/s1. The molecular weight excluding hydrogens is 296 g/mol. The van der Waals surface area contributed by atoms with Crippen molar-refractivity contribution >= 4 is 14.6 Å². The highest BCUT2D eigenvalue weighted by Crippen LogP contribution is 2.37. The molecule has 2 atom stereocenters. The highest BCUT2D eigenvalue weighted by atomic mass is 28.4. The maximum Gasteiger partial charge on any atom is 0.193 e. The number of rotatable bonds is 7. The lowest BCUT2D eigenvalue weighted by atomic mass is 10.2. The van der Waals surface area contributed by atoms with Gasteiger partial charge in [0.1, 0.15) is 23.7 Å². The van der Waals surface area contributed by atoms with Crippen molar-refractivity contribution in [2.45, 2.75) is 58.0 Å². The van der Waals surface area contributed by atoms with Crippen LogP contribution in [0.2, 0.25) is 18.1 Å². The van der Waals surface area contributed by atoms with Crippen molar-refractivity contribution < 1.29 is 18.7 Å². The van der Waals surface area contributed by atoms with E-state index in [2.05, 4.69) is 33.9 Å². The van der Waals surface area contributed by atoms with Crippen LogP contribution in [0.15, 0.2) is 24.3 Å². The molecule has 0 fully saturated rings. The first-order valence-corrected chi connectivity index (χ1v) is 10.5. The largest absolute Gasteiger partial charge is 0.497 e. The van der Waals surface area contributed by atoms with E-state index in [0.717, 1.165) is 12.0 Å². The zero-order chi connectivity index (χ0) is 17.0. The van der Waals surface area contributed by atoms with Gasteiger partial charge in [0.2, 0.25) is 0 Å². The summed E-state index contributed by atoms with van der Waals surface area (Å²) in [6, 6.07) is 7.30. The Kier molecular flexibility index (Phi) is 6.20. The van der Waals surface area contributed by atoms with E-state index >= 15 is 0 Å². The molecule has 4 nitrogen and oxygen atoms in total. The van der Waals surface area contributed by atoms with E-state index in [0.29, 0.717) is 5.75 Å². The average molecular weight is 324 g/mol. The van der Waals surface area contributed by atoms with E-state index in [-0.39, 0.29) is 11.1 Å². The van der Waals surface area contributed by atoms with Crippen LogP contribution in [-0.2, 0) is 9.22 Å². The summed E-state index contributed by atoms with van der Waals surface area (Å²) in [6.45, 7) is 12.6. The molecule has 1 aromatic carbocycles. The van der Waals surface area contributed by atoms with E-state index in [1.807, 2.05) is 31.2 Å². The van der Waals surface area contributed by atoms with Crippen molar-refractivity contribution in [2.24, 2.45) is 0 Å². The molecule has 1 rings (SSSR count). The number of aldehydes is 1. The highest BCUT2D eigenvalue weighted by Gasteiger charge is 2.40. The summed E-state index contributed by atoms with van der Waals surface area (Å²) in [6.07, 6.45) is -0.0719. The minimum absolute atomic E-state index is 0.0497. The van der Waals surface area contributed by atoms with E-state index in [1.54, 1.807) is 7.11 Å². The lowest BCUT2D eigenvalue weighted by Gasteiger charge is -2.39. The van der Waals surface area contributed by atoms with Gasteiger partial charge in [-0.1, -0.05) is 20.8 Å². The molecule has 0 saturated heterocycles. The molecule has 5 heteroatoms. The zero-order valence-corrected chi connectivity index (χ0v) is 15.7. The van der Waals surface area contributed by atoms with Crippen LogP contribution in [0.25, 0.3) is 0 Å². The molecule has 0 heterocycles. The number of carbonyl (C=O) groups is 1. The zero-order valence-electron chi connectivity index (χ0n) is 14.7. The molecular formula is C17H28O4Si. The second-order valence-corrected chi connectivity index (χ2v) is 11.7. The van der Waals surface area contributed by atoms with E-state index in [1.165, 1.54) is 0 Å². The van der Waals surface area contributed by atoms with Crippen LogP contribution >= 0.6 is 0 Å². The maximum atomic E-state index is 11.4. The molecule has 0 bridgehead atoms. The van der Waals surface area contributed by atoms with Crippen LogP contribution in [-0.4, -0.2) is 33.9 Å². The Balaban J connectivity index is 2.75. The summed E-state index contributed by atoms with van der Waals surface area (Å²) in [4.78, 5) is 11.4. The Hall–Kier alpha value is -1.33. The molecule has 1 aromatic rings. The number of methoxy groups -OCH3 is 1. The molecule has 0 aliphatic rings. The summed E-state index contributed by atoms with van der Waals surface area (Å²) in [5, 5.41) is 0.0497. The third-order valence-corrected chi connectivity index (χ3v) is 8.69. The molecule has 0 radical (unpaired) electrons. The quantitative estimate of drug-likeness (QED) is 0.560. The maximum absolute atomic E-state index is 11.4. The molecule has 124 valence electrons. The summed E-state index contributed by atoms with van der Waals surface area (Å²) in [5.74, 6) is 1.46. The lowest BCUT2D eigenvalue weighted by Crippen LogP contribution is -2.48. The fourth-order valence-corrected chi connectivity index (χ4v) is 2.97. The molecule has 0 spiro atoms. The third-order valence-electron chi connectivity index (χ3n) is 4.22. The topological polar surface area (TPSA) is 44.8 Å². The Bertz CT molecular complexity index is 476. The number of ether oxygens (including phenoxy) is 2. The average Bonchev–Trinajstić information content (AvgIpc) is 2.44. The number of hydrogen-bond donors (Lipinski definition) is 0. The first-order chi connectivity index (χ1) is 10.1. The molecule has 0 aliphatic heterocycles. The normalized spacial score (nSPS) is 15.0. The van der Waals surface area contributed by atoms with Gasteiger partial charge < -0.3 is 18.7 Å². The fourth-order valence-electron chi connectivity index (χ4n) is 1.69. The first kappa shape index (κ1) is 18.7. The van der Waals surface area contributed by atoms with Gasteiger partial charge in [-0.15, -0.1) is 0 Å². The van der Waals surface area contributed by atoms with Crippen molar-refractivity contribution in [3.63, 3.8) is 0 Å². The Morgan fingerprint density at radius 1 is 1.09 bits per heavy atom. The minimum atomic E-state index is -2.01. The predicted molar refractivity (Wildman–Crippen MR) is 91.2 cm³/mol. The van der Waals surface area contributed by atoms with Crippen LogP contribution in [0.5, 0.6) is 11.5 Å². The fraction of sp³-hybridized carbons (Fsp3) is 0.588. The Labute approximate surface area is 134 Å². The predicted octanol–water partition coefficient (Wildman–Crippen LogP) is 4.05. The summed E-state index contributed by atoms with van der Waals surface area (Å²) >= 11 is 0. The molecule has 0 aromatic heterocycles. The van der Waals surface area contributed by atoms with Crippen molar-refractivity contribution in [1.82, 2.24) is 0 Å². The molecule has 0 aliphatic carbocycles. The Morgan fingerprint density at radius 2 is 1.59 bits per heavy atom. The smallest absolute Gasteiger partial charge is 0.193 e. The van der Waals surface area contributed by atoms with Gasteiger partial charge in [-0.05, 0) is 49.3 Å². The second kappa shape index (κ2) is 7.29.